The Kier molecular flexibility index (Phi) is 5.48. The third-order valence-electron chi connectivity index (χ3n) is 4.82. The topological polar surface area (TPSA) is 81.1 Å². The van der Waals surface area contributed by atoms with Gasteiger partial charge in [0.15, 0.2) is 5.70 Å². The first kappa shape index (κ1) is 18.1. The molecule has 24 heavy (non-hydrogen) atoms. The summed E-state index contributed by atoms with van der Waals surface area (Å²) in [7, 11) is 0. The van der Waals surface area contributed by atoms with Gasteiger partial charge in [-0.3, -0.25) is 9.69 Å². The van der Waals surface area contributed by atoms with Gasteiger partial charge in [-0.1, -0.05) is 25.6 Å². The molecule has 2 saturated heterocycles. The van der Waals surface area contributed by atoms with Gasteiger partial charge in [0.25, 0.3) is 0 Å². The van der Waals surface area contributed by atoms with E-state index in [0.717, 1.165) is 36.7 Å². The molecule has 3 aliphatic heterocycles. The molecule has 6 nitrogen and oxygen atoms in total. The van der Waals surface area contributed by atoms with Crippen molar-refractivity contribution in [2.75, 3.05) is 19.6 Å². The van der Waals surface area contributed by atoms with E-state index in [1.54, 1.807) is 11.8 Å². The first-order valence-electron chi connectivity index (χ1n) is 8.52. The van der Waals surface area contributed by atoms with Crippen molar-refractivity contribution in [3.63, 3.8) is 0 Å². The lowest BCUT2D eigenvalue weighted by molar-refractivity contribution is -0.157. The number of rotatable bonds is 7. The summed E-state index contributed by atoms with van der Waals surface area (Å²) >= 11 is 3.04. The van der Waals surface area contributed by atoms with E-state index >= 15 is 0 Å². The summed E-state index contributed by atoms with van der Waals surface area (Å²) in [6.07, 6.45) is 1.97. The highest BCUT2D eigenvalue weighted by atomic mass is 32.2. The number of nitrogens with zero attached hydrogens (tertiary/aromatic N) is 2. The number of carbonyl (C=O) groups is 2. The number of hydrogen-bond acceptors (Lipinski definition) is 6. The minimum Gasteiger partial charge on any atom is -0.477 e. The minimum absolute atomic E-state index is 0.119. The van der Waals surface area contributed by atoms with Crippen molar-refractivity contribution in [2.24, 2.45) is 5.92 Å². The van der Waals surface area contributed by atoms with Crippen LogP contribution in [0, 0.1) is 5.92 Å². The average Bonchev–Trinajstić information content (AvgIpc) is 3.10. The van der Waals surface area contributed by atoms with E-state index in [-0.39, 0.29) is 17.0 Å². The summed E-state index contributed by atoms with van der Waals surface area (Å²) in [6, 6.07) is 0. The van der Waals surface area contributed by atoms with E-state index in [1.807, 2.05) is 6.92 Å². The Hall–Kier alpha value is -0.700. The van der Waals surface area contributed by atoms with Gasteiger partial charge in [-0.15, -0.1) is 11.8 Å². The van der Waals surface area contributed by atoms with E-state index in [1.165, 1.54) is 16.7 Å². The molecule has 0 aromatic heterocycles. The Morgan fingerprint density at radius 2 is 2.21 bits per heavy atom. The number of amides is 1. The lowest BCUT2D eigenvalue weighted by Gasteiger charge is -2.44. The Labute approximate surface area is 150 Å². The van der Waals surface area contributed by atoms with Gasteiger partial charge >= 0.3 is 5.97 Å². The van der Waals surface area contributed by atoms with Crippen molar-refractivity contribution in [2.45, 2.75) is 49.8 Å². The van der Waals surface area contributed by atoms with Crippen LogP contribution in [-0.4, -0.2) is 68.3 Å². The van der Waals surface area contributed by atoms with Crippen molar-refractivity contribution >= 4 is 35.4 Å². The molecule has 0 spiro atoms. The molecule has 0 bridgehead atoms. The first-order valence-corrected chi connectivity index (χ1v) is 10.3. The van der Waals surface area contributed by atoms with Crippen LogP contribution in [0.1, 0.15) is 33.1 Å². The highest BCUT2D eigenvalue weighted by Gasteiger charge is 2.58. The molecule has 2 fully saturated rings. The molecule has 8 heteroatoms. The molecule has 0 aliphatic carbocycles. The van der Waals surface area contributed by atoms with Crippen LogP contribution in [0.25, 0.3) is 0 Å². The first-order chi connectivity index (χ1) is 11.5. The normalized spacial score (nSPS) is 31.4. The molecular weight excluding hydrogens is 348 g/mol. The molecule has 3 heterocycles. The molecular formula is C16H24N2O4S2. The zero-order valence-electron chi connectivity index (χ0n) is 14.0. The summed E-state index contributed by atoms with van der Waals surface area (Å²) in [5.41, 5.74) is 0.119. The monoisotopic (exact) mass is 372 g/mol. The van der Waals surface area contributed by atoms with E-state index in [0.29, 0.717) is 11.7 Å². The van der Waals surface area contributed by atoms with Gasteiger partial charge in [0.1, 0.15) is 5.37 Å². The number of aliphatic hydroxyl groups is 1. The number of hydrogen-bond donors (Lipinski definition) is 2. The third-order valence-corrected chi connectivity index (χ3v) is 7.68. The maximum absolute atomic E-state index is 12.3. The predicted octanol–water partition coefficient (Wildman–Crippen LogP) is 1.76. The summed E-state index contributed by atoms with van der Waals surface area (Å²) < 4.78 is 0.731. The molecule has 0 unspecified atom stereocenters. The van der Waals surface area contributed by atoms with E-state index < -0.39 is 18.0 Å². The summed E-state index contributed by atoms with van der Waals surface area (Å²) in [4.78, 5) is 27.8. The van der Waals surface area contributed by atoms with Crippen LogP contribution in [0.4, 0.5) is 0 Å². The quantitative estimate of drug-likeness (QED) is 0.659. The fourth-order valence-corrected chi connectivity index (χ4v) is 6.87. The number of aliphatic hydroxyl groups excluding tert-OH is 1. The smallest absolute Gasteiger partial charge is 0.354 e. The Morgan fingerprint density at radius 3 is 2.83 bits per heavy atom. The van der Waals surface area contributed by atoms with Crippen molar-refractivity contribution in [3.8, 4) is 0 Å². The van der Waals surface area contributed by atoms with Gasteiger partial charge in [-0.2, -0.15) is 0 Å². The number of β-lactam (4-membered cyclic amide) rings is 1. The Balaban J connectivity index is 1.71. The second-order valence-corrected chi connectivity index (χ2v) is 9.18. The predicted molar refractivity (Wildman–Crippen MR) is 95.4 cm³/mol. The molecule has 0 radical (unpaired) electrons. The van der Waals surface area contributed by atoms with Gasteiger partial charge in [0.2, 0.25) is 5.91 Å². The van der Waals surface area contributed by atoms with Gasteiger partial charge in [0.05, 0.1) is 16.3 Å². The molecule has 0 saturated carbocycles. The maximum Gasteiger partial charge on any atom is 0.354 e. The van der Waals surface area contributed by atoms with Gasteiger partial charge in [0, 0.05) is 11.8 Å². The van der Waals surface area contributed by atoms with Crippen LogP contribution in [0.15, 0.2) is 9.93 Å². The molecule has 3 aliphatic rings. The molecule has 4 atom stereocenters. The van der Waals surface area contributed by atoms with E-state index in [9.17, 15) is 19.8 Å². The number of carboxylic acid groups (broad SMARTS) is 1. The number of carboxylic acids is 1. The molecule has 3 rings (SSSR count). The van der Waals surface area contributed by atoms with Crippen LogP contribution in [0.5, 0.6) is 0 Å². The second kappa shape index (κ2) is 7.27. The fraction of sp³-hybridized carbons (Fsp3) is 0.750. The van der Waals surface area contributed by atoms with Crippen LogP contribution >= 0.6 is 23.5 Å². The van der Waals surface area contributed by atoms with E-state index in [2.05, 4.69) is 11.8 Å². The molecule has 0 aromatic carbocycles. The highest BCUT2D eigenvalue weighted by Crippen LogP contribution is 2.55. The van der Waals surface area contributed by atoms with Crippen LogP contribution in [-0.2, 0) is 9.59 Å². The van der Waals surface area contributed by atoms with E-state index in [4.69, 9.17) is 0 Å². The van der Waals surface area contributed by atoms with Gasteiger partial charge in [-0.25, -0.2) is 4.79 Å². The number of thioether (sulfide) groups is 2. The number of carbonyl (C=O) groups excluding carboxylic acids is 1. The standard InChI is InChI=1S/C16H24N2O4S2/c1-3-6-17-7-5-9(8-17)23-16-12(15(21)22)18-13(20)11(10(19)4-2)14(18)24-16/h9-11,14,19H,3-8H2,1-2H3,(H,21,22)/t9-,10-,11+,14+/m0/s1. The number of fused-ring (bicyclic) bond motifs is 1. The maximum atomic E-state index is 12.3. The molecule has 1 amide bonds. The number of aliphatic carboxylic acids is 1. The van der Waals surface area contributed by atoms with Crippen LogP contribution in [0.3, 0.4) is 0 Å². The zero-order chi connectivity index (χ0) is 17.4. The molecule has 134 valence electrons. The zero-order valence-corrected chi connectivity index (χ0v) is 15.6. The van der Waals surface area contributed by atoms with Crippen molar-refractivity contribution < 1.29 is 19.8 Å². The Morgan fingerprint density at radius 1 is 1.46 bits per heavy atom. The van der Waals surface area contributed by atoms with Crippen molar-refractivity contribution in [1.29, 1.82) is 0 Å². The lowest BCUT2D eigenvalue weighted by Crippen LogP contribution is -2.61. The van der Waals surface area contributed by atoms with Crippen LogP contribution < -0.4 is 0 Å². The Bertz CT molecular complexity index is 568. The van der Waals surface area contributed by atoms with Crippen molar-refractivity contribution in [1.82, 2.24) is 9.80 Å². The number of likely N-dealkylation sites (tertiary alicyclic amines) is 1. The molecule has 0 aromatic rings. The summed E-state index contributed by atoms with van der Waals surface area (Å²) in [5.74, 6) is -1.78. The van der Waals surface area contributed by atoms with Crippen LogP contribution in [0.2, 0.25) is 0 Å². The summed E-state index contributed by atoms with van der Waals surface area (Å²) in [6.45, 7) is 7.09. The van der Waals surface area contributed by atoms with Gasteiger partial charge in [-0.05, 0) is 32.4 Å². The third kappa shape index (κ3) is 3.09. The molecule has 2 N–H and O–H groups in total. The second-order valence-electron chi connectivity index (χ2n) is 6.49. The average molecular weight is 373 g/mol. The lowest BCUT2D eigenvalue weighted by atomic mass is 9.90. The fourth-order valence-electron chi connectivity index (χ4n) is 3.56. The van der Waals surface area contributed by atoms with Crippen molar-refractivity contribution in [3.05, 3.63) is 9.93 Å². The highest BCUT2D eigenvalue weighted by molar-refractivity contribution is 8.23. The van der Waals surface area contributed by atoms with Gasteiger partial charge < -0.3 is 15.1 Å². The largest absolute Gasteiger partial charge is 0.477 e. The SMILES string of the molecule is CCCN1CC[C@H](SC2=C(C(=O)O)N3C(=O)[C@@H]([C@@H](O)CC)[C@H]3S2)C1. The minimum atomic E-state index is -1.05. The summed E-state index contributed by atoms with van der Waals surface area (Å²) in [5, 5.41) is 19.7.